The monoisotopic (exact) mass is 260 g/mol. The van der Waals surface area contributed by atoms with Gasteiger partial charge in [-0.2, -0.15) is 0 Å². The zero-order chi connectivity index (χ0) is 11.8. The van der Waals surface area contributed by atoms with Crippen LogP contribution in [0.15, 0.2) is 5.38 Å². The van der Waals surface area contributed by atoms with Gasteiger partial charge in [0.05, 0.1) is 11.4 Å². The van der Waals surface area contributed by atoms with Gasteiger partial charge in [0.15, 0.2) is 9.84 Å². The van der Waals surface area contributed by atoms with Gasteiger partial charge in [0.2, 0.25) is 0 Å². The van der Waals surface area contributed by atoms with E-state index in [0.717, 1.165) is 23.5 Å². The third-order valence-corrected chi connectivity index (χ3v) is 6.33. The highest BCUT2D eigenvalue weighted by Crippen LogP contribution is 2.36. The van der Waals surface area contributed by atoms with E-state index >= 15 is 0 Å². The Kier molecular flexibility index (Phi) is 3.32. The maximum Gasteiger partial charge on any atom is 0.159 e. The van der Waals surface area contributed by atoms with Crippen LogP contribution in [0.5, 0.6) is 0 Å². The summed E-state index contributed by atoms with van der Waals surface area (Å²) in [6.45, 7) is 2.02. The van der Waals surface area contributed by atoms with Gasteiger partial charge < -0.3 is 5.32 Å². The second-order valence-electron chi connectivity index (χ2n) is 4.12. The van der Waals surface area contributed by atoms with Crippen LogP contribution in [-0.4, -0.2) is 26.2 Å². The molecular weight excluding hydrogens is 244 g/mol. The molecule has 2 unspecified atom stereocenters. The van der Waals surface area contributed by atoms with Gasteiger partial charge in [-0.05, 0) is 26.8 Å². The van der Waals surface area contributed by atoms with Crippen molar-refractivity contribution in [1.82, 2.24) is 10.3 Å². The Bertz CT molecular complexity index is 467. The molecular formula is C10H16N2O2S2. The fraction of sp³-hybridized carbons (Fsp3) is 0.700. The number of hydrogen-bond acceptors (Lipinski definition) is 5. The van der Waals surface area contributed by atoms with Crippen molar-refractivity contribution in [3.05, 3.63) is 16.1 Å². The van der Waals surface area contributed by atoms with E-state index in [0.29, 0.717) is 5.75 Å². The van der Waals surface area contributed by atoms with Gasteiger partial charge in [0, 0.05) is 11.4 Å². The first kappa shape index (κ1) is 12.0. The standard InChI is InChI=1S/C10H16N2O2S2/c1-7(11-2)8-6-15-10(12-8)9-4-3-5-16(9,13)14/h6-7,9,11H,3-5H2,1-2H3. The average Bonchev–Trinajstić information content (AvgIpc) is 2.82. The molecule has 90 valence electrons. The Labute approximate surface area is 100 Å². The summed E-state index contributed by atoms with van der Waals surface area (Å²) in [6, 6.07) is 0.175. The molecule has 0 bridgehead atoms. The zero-order valence-electron chi connectivity index (χ0n) is 9.43. The van der Waals surface area contributed by atoms with Crippen molar-refractivity contribution in [3.8, 4) is 0 Å². The Morgan fingerprint density at radius 2 is 2.38 bits per heavy atom. The normalized spacial score (nSPS) is 25.8. The molecule has 0 aromatic carbocycles. The molecule has 0 amide bonds. The predicted molar refractivity (Wildman–Crippen MR) is 65.4 cm³/mol. The third kappa shape index (κ3) is 2.14. The number of hydrogen-bond donors (Lipinski definition) is 1. The van der Waals surface area contributed by atoms with Crippen LogP contribution in [0.25, 0.3) is 0 Å². The van der Waals surface area contributed by atoms with Crippen LogP contribution in [0.1, 0.15) is 41.8 Å². The first-order valence-electron chi connectivity index (χ1n) is 5.39. The second-order valence-corrected chi connectivity index (χ2v) is 7.31. The summed E-state index contributed by atoms with van der Waals surface area (Å²) in [7, 11) is -1.06. The Hall–Kier alpha value is -0.460. The highest BCUT2D eigenvalue weighted by Gasteiger charge is 2.34. The summed E-state index contributed by atoms with van der Waals surface area (Å²) < 4.78 is 23.5. The largest absolute Gasteiger partial charge is 0.312 e. The van der Waals surface area contributed by atoms with Crippen molar-refractivity contribution in [3.63, 3.8) is 0 Å². The molecule has 1 aromatic rings. The maximum atomic E-state index is 11.8. The maximum absolute atomic E-state index is 11.8. The summed E-state index contributed by atoms with van der Waals surface area (Å²) in [5, 5.41) is 5.46. The first-order chi connectivity index (χ1) is 7.54. The summed E-state index contributed by atoms with van der Waals surface area (Å²) in [6.07, 6.45) is 1.49. The van der Waals surface area contributed by atoms with Crippen molar-refractivity contribution in [2.45, 2.75) is 31.1 Å². The van der Waals surface area contributed by atoms with Crippen molar-refractivity contribution < 1.29 is 8.42 Å². The van der Waals surface area contributed by atoms with E-state index in [1.807, 2.05) is 19.4 Å². The number of rotatable bonds is 3. The van der Waals surface area contributed by atoms with Crippen LogP contribution < -0.4 is 5.32 Å². The summed E-state index contributed by atoms with van der Waals surface area (Å²) in [5.41, 5.74) is 0.935. The van der Waals surface area contributed by atoms with E-state index in [2.05, 4.69) is 10.3 Å². The minimum atomic E-state index is -2.93. The van der Waals surface area contributed by atoms with Gasteiger partial charge in [-0.3, -0.25) is 0 Å². The molecule has 0 aliphatic carbocycles. The summed E-state index contributed by atoms with van der Waals surface area (Å²) >= 11 is 1.46. The molecule has 0 saturated carbocycles. The third-order valence-electron chi connectivity index (χ3n) is 3.02. The highest BCUT2D eigenvalue weighted by atomic mass is 32.2. The molecule has 1 fully saturated rings. The molecule has 1 N–H and O–H groups in total. The van der Waals surface area contributed by atoms with Crippen LogP contribution in [0, 0.1) is 0 Å². The van der Waals surface area contributed by atoms with Crippen molar-refractivity contribution in [2.24, 2.45) is 0 Å². The molecule has 0 radical (unpaired) electrons. The fourth-order valence-electron chi connectivity index (χ4n) is 1.86. The smallest absolute Gasteiger partial charge is 0.159 e. The number of nitrogens with zero attached hydrogens (tertiary/aromatic N) is 1. The van der Waals surface area contributed by atoms with Crippen LogP contribution in [0.2, 0.25) is 0 Å². The Morgan fingerprint density at radius 1 is 1.62 bits per heavy atom. The number of thiazole rings is 1. The van der Waals surface area contributed by atoms with Gasteiger partial charge in [0.1, 0.15) is 10.3 Å². The zero-order valence-corrected chi connectivity index (χ0v) is 11.1. The lowest BCUT2D eigenvalue weighted by Gasteiger charge is -2.07. The second kappa shape index (κ2) is 4.43. The van der Waals surface area contributed by atoms with Gasteiger partial charge in [-0.1, -0.05) is 0 Å². The van der Waals surface area contributed by atoms with Gasteiger partial charge in [-0.25, -0.2) is 13.4 Å². The number of nitrogens with one attached hydrogen (secondary N) is 1. The average molecular weight is 260 g/mol. The van der Waals surface area contributed by atoms with Crippen LogP contribution in [-0.2, 0) is 9.84 Å². The SMILES string of the molecule is CNC(C)c1csc(C2CCCS2(=O)=O)n1. The molecule has 0 spiro atoms. The first-order valence-corrected chi connectivity index (χ1v) is 7.98. The van der Waals surface area contributed by atoms with Crippen molar-refractivity contribution in [2.75, 3.05) is 12.8 Å². The quantitative estimate of drug-likeness (QED) is 0.898. The summed E-state index contributed by atoms with van der Waals surface area (Å²) in [5.74, 6) is 0.314. The van der Waals surface area contributed by atoms with E-state index in [4.69, 9.17) is 0 Å². The van der Waals surface area contributed by atoms with Crippen LogP contribution in [0.3, 0.4) is 0 Å². The van der Waals surface area contributed by atoms with E-state index in [9.17, 15) is 8.42 Å². The lowest BCUT2D eigenvalue weighted by atomic mass is 10.2. The molecule has 1 aliphatic heterocycles. The van der Waals surface area contributed by atoms with E-state index in [-0.39, 0.29) is 11.3 Å². The molecule has 1 aromatic heterocycles. The van der Waals surface area contributed by atoms with E-state index in [1.54, 1.807) is 0 Å². The molecule has 16 heavy (non-hydrogen) atoms. The fourth-order valence-corrected chi connectivity index (χ4v) is 5.14. The van der Waals surface area contributed by atoms with Gasteiger partial charge in [0.25, 0.3) is 0 Å². The molecule has 4 nitrogen and oxygen atoms in total. The van der Waals surface area contributed by atoms with E-state index < -0.39 is 9.84 Å². The van der Waals surface area contributed by atoms with Crippen molar-refractivity contribution in [1.29, 1.82) is 0 Å². The van der Waals surface area contributed by atoms with Crippen LogP contribution in [0.4, 0.5) is 0 Å². The molecule has 2 atom stereocenters. The summed E-state index contributed by atoms with van der Waals surface area (Å²) in [4.78, 5) is 4.44. The Balaban J connectivity index is 2.25. The minimum absolute atomic E-state index is 0.175. The van der Waals surface area contributed by atoms with Crippen molar-refractivity contribution >= 4 is 21.2 Å². The number of aromatic nitrogens is 1. The number of sulfone groups is 1. The lowest BCUT2D eigenvalue weighted by Crippen LogP contribution is -2.13. The molecule has 2 rings (SSSR count). The molecule has 1 saturated heterocycles. The van der Waals surface area contributed by atoms with E-state index in [1.165, 1.54) is 11.3 Å². The predicted octanol–water partition coefficient (Wildman–Crippen LogP) is 1.67. The highest BCUT2D eigenvalue weighted by molar-refractivity contribution is 7.92. The Morgan fingerprint density at radius 3 is 2.94 bits per heavy atom. The topological polar surface area (TPSA) is 59.1 Å². The van der Waals surface area contributed by atoms with Crippen LogP contribution >= 0.6 is 11.3 Å². The van der Waals surface area contributed by atoms with Gasteiger partial charge in [-0.15, -0.1) is 11.3 Å². The molecule has 1 aliphatic rings. The molecule has 2 heterocycles. The lowest BCUT2D eigenvalue weighted by molar-refractivity contribution is 0.590. The van der Waals surface area contributed by atoms with Gasteiger partial charge >= 0.3 is 0 Å². The minimum Gasteiger partial charge on any atom is -0.312 e. The molecule has 6 heteroatoms.